The monoisotopic (exact) mass is 208 g/mol. The smallest absolute Gasteiger partial charge is 0.128 e. The van der Waals surface area contributed by atoms with Crippen LogP contribution in [0.5, 0.6) is 0 Å². The zero-order valence-corrected chi connectivity index (χ0v) is 9.77. The molecule has 0 aromatic carbocycles. The highest BCUT2D eigenvalue weighted by atomic mass is 16.3. The third kappa shape index (κ3) is 3.51. The maximum atomic E-state index is 9.46. The maximum absolute atomic E-state index is 9.46. The first-order valence-corrected chi connectivity index (χ1v) is 5.50. The van der Waals surface area contributed by atoms with Crippen molar-refractivity contribution in [2.24, 2.45) is 0 Å². The average Bonchev–Trinajstić information content (AvgIpc) is 2.26. The van der Waals surface area contributed by atoms with Crippen LogP contribution in [-0.2, 0) is 0 Å². The molecule has 0 aliphatic carbocycles. The minimum Gasteiger partial charge on any atom is -0.389 e. The van der Waals surface area contributed by atoms with Gasteiger partial charge in [-0.3, -0.25) is 0 Å². The summed E-state index contributed by atoms with van der Waals surface area (Å²) >= 11 is 0. The van der Waals surface area contributed by atoms with E-state index in [9.17, 15) is 5.11 Å². The van der Waals surface area contributed by atoms with E-state index in [2.05, 4.69) is 16.8 Å². The van der Waals surface area contributed by atoms with Gasteiger partial charge in [0.1, 0.15) is 5.82 Å². The average molecular weight is 208 g/mol. The van der Waals surface area contributed by atoms with E-state index >= 15 is 0 Å². The minimum absolute atomic E-state index is 0.425. The van der Waals surface area contributed by atoms with Crippen molar-refractivity contribution in [3.05, 3.63) is 23.9 Å². The Hall–Kier alpha value is -1.09. The van der Waals surface area contributed by atoms with Gasteiger partial charge in [-0.1, -0.05) is 13.3 Å². The number of pyridine rings is 1. The molecule has 1 aromatic rings. The number of hydrogen-bond donors (Lipinski definition) is 1. The van der Waals surface area contributed by atoms with E-state index in [0.29, 0.717) is 0 Å². The van der Waals surface area contributed by atoms with Crippen LogP contribution in [0.3, 0.4) is 0 Å². The van der Waals surface area contributed by atoms with Crippen molar-refractivity contribution in [1.82, 2.24) is 4.98 Å². The number of aromatic nitrogens is 1. The molecule has 0 spiro atoms. The van der Waals surface area contributed by atoms with E-state index in [-0.39, 0.29) is 0 Å². The van der Waals surface area contributed by atoms with Gasteiger partial charge in [0, 0.05) is 19.8 Å². The highest BCUT2D eigenvalue weighted by Crippen LogP contribution is 2.17. The molecular weight excluding hydrogens is 188 g/mol. The predicted octanol–water partition coefficient (Wildman–Crippen LogP) is 2.37. The summed E-state index contributed by atoms with van der Waals surface area (Å²) in [7, 11) is 2.03. The van der Waals surface area contributed by atoms with E-state index in [1.807, 2.05) is 19.2 Å². The first kappa shape index (κ1) is 12.0. The summed E-state index contributed by atoms with van der Waals surface area (Å²) in [5, 5.41) is 9.46. The Morgan fingerprint density at radius 2 is 2.27 bits per heavy atom. The second kappa shape index (κ2) is 5.71. The Labute approximate surface area is 91.8 Å². The summed E-state index contributed by atoms with van der Waals surface area (Å²) < 4.78 is 0. The molecule has 1 aromatic heterocycles. The van der Waals surface area contributed by atoms with E-state index in [1.165, 1.54) is 6.42 Å². The minimum atomic E-state index is -0.425. The fraction of sp³-hybridized carbons (Fsp3) is 0.583. The van der Waals surface area contributed by atoms with Gasteiger partial charge in [0.15, 0.2) is 0 Å². The molecule has 1 rings (SSSR count). The van der Waals surface area contributed by atoms with Gasteiger partial charge in [0.05, 0.1) is 6.10 Å². The third-order valence-corrected chi connectivity index (χ3v) is 2.49. The molecule has 0 aliphatic rings. The van der Waals surface area contributed by atoms with Gasteiger partial charge in [-0.15, -0.1) is 0 Å². The molecule has 1 N–H and O–H groups in total. The Morgan fingerprint density at radius 3 is 2.87 bits per heavy atom. The van der Waals surface area contributed by atoms with Gasteiger partial charge >= 0.3 is 0 Å². The molecule has 15 heavy (non-hydrogen) atoms. The zero-order chi connectivity index (χ0) is 11.3. The van der Waals surface area contributed by atoms with Gasteiger partial charge in [-0.05, 0) is 31.0 Å². The Kier molecular flexibility index (Phi) is 4.56. The summed E-state index contributed by atoms with van der Waals surface area (Å²) in [4.78, 5) is 6.41. The first-order chi connectivity index (χ1) is 7.15. The van der Waals surface area contributed by atoms with Crippen molar-refractivity contribution in [3.8, 4) is 0 Å². The molecule has 0 aliphatic heterocycles. The second-order valence-corrected chi connectivity index (χ2v) is 3.90. The molecule has 84 valence electrons. The van der Waals surface area contributed by atoms with Gasteiger partial charge in [-0.25, -0.2) is 4.98 Å². The molecule has 3 nitrogen and oxygen atoms in total. The normalized spacial score (nSPS) is 12.5. The number of aliphatic hydroxyl groups is 1. The van der Waals surface area contributed by atoms with Gasteiger partial charge in [-0.2, -0.15) is 0 Å². The lowest BCUT2D eigenvalue weighted by Gasteiger charge is -2.18. The second-order valence-electron chi connectivity index (χ2n) is 3.90. The molecule has 0 amide bonds. The molecule has 3 heteroatoms. The lowest BCUT2D eigenvalue weighted by molar-refractivity contribution is 0.199. The third-order valence-electron chi connectivity index (χ3n) is 2.49. The summed E-state index contributed by atoms with van der Waals surface area (Å²) in [5.41, 5.74) is 0.920. The number of anilines is 1. The molecule has 0 saturated heterocycles. The summed E-state index contributed by atoms with van der Waals surface area (Å²) in [5.74, 6) is 0.932. The van der Waals surface area contributed by atoms with Crippen molar-refractivity contribution < 1.29 is 5.11 Å². The molecule has 0 bridgehead atoms. The number of unbranched alkanes of at least 4 members (excludes halogenated alkanes) is 1. The van der Waals surface area contributed by atoms with Crippen LogP contribution >= 0.6 is 0 Å². The summed E-state index contributed by atoms with van der Waals surface area (Å²) in [6.45, 7) is 4.95. The Morgan fingerprint density at radius 1 is 1.53 bits per heavy atom. The number of rotatable bonds is 5. The molecule has 0 saturated carbocycles. The van der Waals surface area contributed by atoms with E-state index in [1.54, 1.807) is 13.1 Å². The lowest BCUT2D eigenvalue weighted by Crippen LogP contribution is -2.19. The molecular formula is C12H20N2O. The number of nitrogens with zero attached hydrogens (tertiary/aromatic N) is 2. The largest absolute Gasteiger partial charge is 0.389 e. The SMILES string of the molecule is CCCCN(C)c1cc([C@H](C)O)ccn1. The summed E-state index contributed by atoms with van der Waals surface area (Å²) in [6.07, 6.45) is 3.67. The fourth-order valence-corrected chi connectivity index (χ4v) is 1.41. The lowest BCUT2D eigenvalue weighted by atomic mass is 10.1. The first-order valence-electron chi connectivity index (χ1n) is 5.50. The molecule has 0 unspecified atom stereocenters. The number of hydrogen-bond acceptors (Lipinski definition) is 3. The zero-order valence-electron chi connectivity index (χ0n) is 9.77. The van der Waals surface area contributed by atoms with Crippen LogP contribution in [0.2, 0.25) is 0 Å². The quantitative estimate of drug-likeness (QED) is 0.807. The van der Waals surface area contributed by atoms with Crippen LogP contribution in [0, 0.1) is 0 Å². The highest BCUT2D eigenvalue weighted by Gasteiger charge is 2.05. The fourth-order valence-electron chi connectivity index (χ4n) is 1.41. The Bertz CT molecular complexity index is 299. The molecule has 1 heterocycles. The highest BCUT2D eigenvalue weighted by molar-refractivity contribution is 5.40. The Balaban J connectivity index is 2.71. The summed E-state index contributed by atoms with van der Waals surface area (Å²) in [6, 6.07) is 3.79. The van der Waals surface area contributed by atoms with Crippen molar-refractivity contribution >= 4 is 5.82 Å². The van der Waals surface area contributed by atoms with Crippen molar-refractivity contribution in [3.63, 3.8) is 0 Å². The van der Waals surface area contributed by atoms with Gasteiger partial charge in [0.25, 0.3) is 0 Å². The van der Waals surface area contributed by atoms with Gasteiger partial charge < -0.3 is 10.0 Å². The van der Waals surface area contributed by atoms with Crippen LogP contribution in [-0.4, -0.2) is 23.7 Å². The van der Waals surface area contributed by atoms with Crippen molar-refractivity contribution in [2.45, 2.75) is 32.8 Å². The predicted molar refractivity (Wildman–Crippen MR) is 63.0 cm³/mol. The topological polar surface area (TPSA) is 36.4 Å². The van der Waals surface area contributed by atoms with E-state index in [4.69, 9.17) is 0 Å². The van der Waals surface area contributed by atoms with Gasteiger partial charge in [0.2, 0.25) is 0 Å². The number of aliphatic hydroxyl groups excluding tert-OH is 1. The van der Waals surface area contributed by atoms with Crippen LogP contribution in [0.4, 0.5) is 5.82 Å². The molecule has 0 fully saturated rings. The maximum Gasteiger partial charge on any atom is 0.128 e. The van der Waals surface area contributed by atoms with E-state index in [0.717, 1.165) is 24.3 Å². The molecule has 1 atom stereocenters. The van der Waals surface area contributed by atoms with Crippen LogP contribution in [0.15, 0.2) is 18.3 Å². The van der Waals surface area contributed by atoms with Crippen molar-refractivity contribution in [2.75, 3.05) is 18.5 Å². The standard InChI is InChI=1S/C12H20N2O/c1-4-5-8-14(3)12-9-11(10(2)15)6-7-13-12/h6-7,9-10,15H,4-5,8H2,1-3H3/t10-/m0/s1. The van der Waals surface area contributed by atoms with Crippen LogP contribution in [0.25, 0.3) is 0 Å². The van der Waals surface area contributed by atoms with Crippen molar-refractivity contribution in [1.29, 1.82) is 0 Å². The molecule has 0 radical (unpaired) electrons. The van der Waals surface area contributed by atoms with Crippen LogP contribution in [0.1, 0.15) is 38.4 Å². The van der Waals surface area contributed by atoms with Crippen LogP contribution < -0.4 is 4.90 Å². The van der Waals surface area contributed by atoms with E-state index < -0.39 is 6.10 Å².